The van der Waals surface area contributed by atoms with Crippen LogP contribution in [0.1, 0.15) is 32.6 Å². The van der Waals surface area contributed by atoms with Gasteiger partial charge in [-0.3, -0.25) is 0 Å². The maximum Gasteiger partial charge on any atom is 0.343 e. The zero-order valence-electron chi connectivity index (χ0n) is 16.2. The average Bonchev–Trinajstić information content (AvgIpc) is 3.04. The van der Waals surface area contributed by atoms with Gasteiger partial charge in [-0.25, -0.2) is 21.6 Å². The summed E-state index contributed by atoms with van der Waals surface area (Å²) in [5, 5.41) is 0.937. The Balaban J connectivity index is 2.60. The number of unbranched alkanes of at least 4 members (excludes halogenated alkanes) is 1. The van der Waals surface area contributed by atoms with Crippen LogP contribution in [0.4, 0.5) is 0 Å². The van der Waals surface area contributed by atoms with Gasteiger partial charge < -0.3 is 9.47 Å². The van der Waals surface area contributed by atoms with Crippen LogP contribution >= 0.6 is 0 Å². The smallest absolute Gasteiger partial charge is 0.343 e. The summed E-state index contributed by atoms with van der Waals surface area (Å²) in [5.74, 6) is -0.935. The fourth-order valence-electron chi connectivity index (χ4n) is 3.17. The highest BCUT2D eigenvalue weighted by Crippen LogP contribution is 2.41. The number of nitrogens with one attached hydrogen (secondary N) is 1. The number of benzene rings is 1. The molecule has 0 aliphatic carbocycles. The summed E-state index contributed by atoms with van der Waals surface area (Å²) in [6.45, 7) is 2.34. The third-order valence-corrected chi connectivity index (χ3v) is 7.40. The molecule has 0 radical (unpaired) electrons. The Morgan fingerprint density at radius 2 is 1.93 bits per heavy atom. The van der Waals surface area contributed by atoms with Gasteiger partial charge in [0.25, 0.3) is 0 Å². The second-order valence-electron chi connectivity index (χ2n) is 6.55. The molecule has 0 amide bonds. The summed E-state index contributed by atoms with van der Waals surface area (Å²) < 4.78 is 61.3. The molecule has 1 aromatic carbocycles. The summed E-state index contributed by atoms with van der Waals surface area (Å²) in [5.41, 5.74) is 0. The van der Waals surface area contributed by atoms with E-state index in [0.717, 1.165) is 31.2 Å². The van der Waals surface area contributed by atoms with Crippen molar-refractivity contribution < 1.29 is 31.1 Å². The van der Waals surface area contributed by atoms with Gasteiger partial charge in [0.15, 0.2) is 0 Å². The van der Waals surface area contributed by atoms with Crippen LogP contribution in [0.15, 0.2) is 29.2 Å². The maximum atomic E-state index is 13.6. The summed E-state index contributed by atoms with van der Waals surface area (Å²) in [6.07, 6.45) is 2.66. The zero-order valence-corrected chi connectivity index (χ0v) is 17.8. The summed E-state index contributed by atoms with van der Waals surface area (Å²) >= 11 is 0. The van der Waals surface area contributed by atoms with E-state index < -0.39 is 30.7 Å². The third-order valence-electron chi connectivity index (χ3n) is 4.45. The first-order valence-corrected chi connectivity index (χ1v) is 12.3. The third kappa shape index (κ3) is 4.32. The Hall–Kier alpha value is -1.69. The number of carbonyl (C=O) groups excluding carboxylic acids is 1. The Morgan fingerprint density at radius 3 is 2.54 bits per heavy atom. The molecule has 1 aliphatic heterocycles. The number of hydrogen-bond donors (Lipinski definition) is 1. The molecule has 158 valence electrons. The van der Waals surface area contributed by atoms with Crippen LogP contribution in [0.3, 0.4) is 0 Å². The standard InChI is InChI=1S/C17H26N2O7S2/c1-4-5-13-26-14-9-6-7-10-15(14)28(23,24)17(16(20)25-2)11-8-12-19(17)18-27(3,21)22/h6-7,9-10,18H,4-5,8,11-13H2,1-3H3/t17-/m1/s1. The number of para-hydroxylation sites is 1. The molecule has 0 bridgehead atoms. The van der Waals surface area contributed by atoms with Crippen LogP contribution in [-0.4, -0.2) is 59.2 Å². The lowest BCUT2D eigenvalue weighted by atomic mass is 10.2. The number of carbonyl (C=O) groups is 1. The van der Waals surface area contributed by atoms with E-state index in [1.54, 1.807) is 6.07 Å². The van der Waals surface area contributed by atoms with E-state index >= 15 is 0 Å². The van der Waals surface area contributed by atoms with Crippen LogP contribution in [0.2, 0.25) is 0 Å². The monoisotopic (exact) mass is 434 g/mol. The van der Waals surface area contributed by atoms with Crippen LogP contribution in [0, 0.1) is 0 Å². The SMILES string of the molecule is CCCCOc1ccccc1S(=O)(=O)[C@@]1(C(=O)OC)CCCN1NS(C)(=O)=O. The molecule has 1 aromatic rings. The molecule has 1 atom stereocenters. The van der Waals surface area contributed by atoms with E-state index in [-0.39, 0.29) is 30.0 Å². The topological polar surface area (TPSA) is 119 Å². The first-order chi connectivity index (χ1) is 13.1. The van der Waals surface area contributed by atoms with Crippen molar-refractivity contribution in [2.24, 2.45) is 0 Å². The van der Waals surface area contributed by atoms with Crippen molar-refractivity contribution in [1.82, 2.24) is 9.84 Å². The van der Waals surface area contributed by atoms with Gasteiger partial charge in [0.2, 0.25) is 24.7 Å². The van der Waals surface area contributed by atoms with Crippen molar-refractivity contribution in [2.45, 2.75) is 42.4 Å². The normalized spacial score (nSPS) is 20.8. The summed E-state index contributed by atoms with van der Waals surface area (Å²) in [4.78, 5) is 12.5. The number of nitrogens with zero attached hydrogens (tertiary/aromatic N) is 1. The molecule has 1 saturated heterocycles. The average molecular weight is 435 g/mol. The number of hydrogen-bond acceptors (Lipinski definition) is 8. The first kappa shape index (κ1) is 22.6. The molecule has 2 rings (SSSR count). The van der Waals surface area contributed by atoms with Gasteiger partial charge in [0, 0.05) is 6.54 Å². The summed E-state index contributed by atoms with van der Waals surface area (Å²) in [7, 11) is -7.15. The number of rotatable bonds is 9. The highest BCUT2D eigenvalue weighted by molar-refractivity contribution is 7.93. The van der Waals surface area contributed by atoms with E-state index in [9.17, 15) is 21.6 Å². The van der Waals surface area contributed by atoms with E-state index in [4.69, 9.17) is 9.47 Å². The van der Waals surface area contributed by atoms with Gasteiger partial charge in [-0.2, -0.15) is 5.01 Å². The molecular weight excluding hydrogens is 408 g/mol. The van der Waals surface area contributed by atoms with Crippen LogP contribution in [0.5, 0.6) is 5.75 Å². The maximum absolute atomic E-state index is 13.6. The minimum Gasteiger partial charge on any atom is -0.492 e. The minimum atomic E-state index is -4.40. The molecule has 11 heteroatoms. The largest absolute Gasteiger partial charge is 0.492 e. The van der Waals surface area contributed by atoms with Gasteiger partial charge >= 0.3 is 5.97 Å². The molecule has 0 spiro atoms. The molecule has 1 fully saturated rings. The number of ether oxygens (including phenoxy) is 2. The minimum absolute atomic E-state index is 0.0419. The molecular formula is C17H26N2O7S2. The van der Waals surface area contributed by atoms with Gasteiger partial charge in [0.1, 0.15) is 10.6 Å². The number of esters is 1. The fourth-order valence-corrected chi connectivity index (χ4v) is 6.03. The summed E-state index contributed by atoms with van der Waals surface area (Å²) in [6, 6.07) is 6.01. The van der Waals surface area contributed by atoms with E-state index in [0.29, 0.717) is 6.61 Å². The predicted molar refractivity (Wildman–Crippen MR) is 103 cm³/mol. The zero-order chi connectivity index (χ0) is 21.0. The molecule has 28 heavy (non-hydrogen) atoms. The number of hydrazine groups is 1. The van der Waals surface area contributed by atoms with Crippen molar-refractivity contribution in [3.8, 4) is 5.75 Å². The van der Waals surface area contributed by atoms with Gasteiger partial charge in [-0.15, -0.1) is 4.83 Å². The van der Waals surface area contributed by atoms with Gasteiger partial charge in [-0.05, 0) is 31.4 Å². The van der Waals surface area contributed by atoms with Crippen molar-refractivity contribution in [3.05, 3.63) is 24.3 Å². The van der Waals surface area contributed by atoms with Crippen LogP contribution < -0.4 is 9.57 Å². The highest BCUT2D eigenvalue weighted by atomic mass is 32.2. The van der Waals surface area contributed by atoms with Crippen molar-refractivity contribution >= 4 is 25.8 Å². The van der Waals surface area contributed by atoms with Crippen LogP contribution in [-0.2, 0) is 29.4 Å². The Labute approximate surface area is 165 Å². The van der Waals surface area contributed by atoms with Gasteiger partial charge in [-0.1, -0.05) is 25.5 Å². The second kappa shape index (κ2) is 8.76. The molecule has 1 heterocycles. The van der Waals surface area contributed by atoms with E-state index in [1.807, 2.05) is 6.92 Å². The lowest BCUT2D eigenvalue weighted by Gasteiger charge is -2.34. The second-order valence-corrected chi connectivity index (χ2v) is 10.4. The molecule has 1 N–H and O–H groups in total. The lowest BCUT2D eigenvalue weighted by Crippen LogP contribution is -2.62. The van der Waals surface area contributed by atoms with E-state index in [1.165, 1.54) is 18.2 Å². The number of sulfonamides is 1. The quantitative estimate of drug-likeness (QED) is 0.453. The lowest BCUT2D eigenvalue weighted by molar-refractivity contribution is -0.148. The first-order valence-electron chi connectivity index (χ1n) is 8.90. The number of sulfone groups is 1. The molecule has 0 unspecified atom stereocenters. The van der Waals surface area contributed by atoms with Crippen molar-refractivity contribution in [2.75, 3.05) is 26.5 Å². The Bertz CT molecular complexity index is 915. The highest BCUT2D eigenvalue weighted by Gasteiger charge is 2.61. The Kier molecular flexibility index (Phi) is 7.07. The molecule has 0 saturated carbocycles. The fraction of sp³-hybridized carbons (Fsp3) is 0.588. The van der Waals surface area contributed by atoms with Crippen LogP contribution in [0.25, 0.3) is 0 Å². The van der Waals surface area contributed by atoms with Crippen molar-refractivity contribution in [3.63, 3.8) is 0 Å². The molecule has 1 aliphatic rings. The van der Waals surface area contributed by atoms with Crippen molar-refractivity contribution in [1.29, 1.82) is 0 Å². The predicted octanol–water partition coefficient (Wildman–Crippen LogP) is 1.07. The molecule has 0 aromatic heterocycles. The number of methoxy groups -OCH3 is 1. The molecule has 9 nitrogen and oxygen atoms in total. The van der Waals surface area contributed by atoms with E-state index in [2.05, 4.69) is 4.83 Å². The van der Waals surface area contributed by atoms with Gasteiger partial charge in [0.05, 0.1) is 20.0 Å². The Morgan fingerprint density at radius 1 is 1.25 bits per heavy atom.